The van der Waals surface area contributed by atoms with Crippen molar-refractivity contribution in [1.29, 1.82) is 0 Å². The Balaban J connectivity index is 1.33. The highest BCUT2D eigenvalue weighted by molar-refractivity contribution is 7.08. The minimum atomic E-state index is -0.104. The molecule has 3 atom stereocenters. The number of rotatable bonds is 10. The van der Waals surface area contributed by atoms with Gasteiger partial charge in [-0.3, -0.25) is 4.90 Å². The van der Waals surface area contributed by atoms with Crippen LogP contribution in [0.2, 0.25) is 10.0 Å². The second-order valence-electron chi connectivity index (χ2n) is 10.1. The molecule has 4 rings (SSSR count). The van der Waals surface area contributed by atoms with Gasteiger partial charge < -0.3 is 10.0 Å². The van der Waals surface area contributed by atoms with Crippen LogP contribution in [0.25, 0.3) is 0 Å². The quantitative estimate of drug-likeness (QED) is 0.377. The number of aliphatic hydroxyl groups excluding tert-OH is 1. The van der Waals surface area contributed by atoms with E-state index in [1.165, 1.54) is 37.9 Å². The van der Waals surface area contributed by atoms with Crippen molar-refractivity contribution in [3.05, 3.63) is 56.2 Å². The lowest BCUT2D eigenvalue weighted by Crippen LogP contribution is -2.39. The minimum absolute atomic E-state index is 0.104. The van der Waals surface area contributed by atoms with E-state index < -0.39 is 0 Å². The van der Waals surface area contributed by atoms with Crippen molar-refractivity contribution in [1.82, 2.24) is 9.80 Å². The van der Waals surface area contributed by atoms with Gasteiger partial charge in [0.1, 0.15) is 0 Å². The van der Waals surface area contributed by atoms with Gasteiger partial charge in [-0.25, -0.2) is 0 Å². The van der Waals surface area contributed by atoms with Crippen LogP contribution in [0.4, 0.5) is 0 Å². The van der Waals surface area contributed by atoms with E-state index in [0.717, 1.165) is 56.0 Å². The summed E-state index contributed by atoms with van der Waals surface area (Å²) in [4.78, 5) is 5.25. The molecule has 3 heterocycles. The van der Waals surface area contributed by atoms with Gasteiger partial charge in [0.05, 0.1) is 6.10 Å². The Hall–Kier alpha value is -0.620. The summed E-state index contributed by atoms with van der Waals surface area (Å²) in [6.07, 6.45) is 6.62. The van der Waals surface area contributed by atoms with Crippen molar-refractivity contribution in [3.63, 3.8) is 0 Å². The molecule has 6 heteroatoms. The third kappa shape index (κ3) is 7.19. The maximum absolute atomic E-state index is 10.3. The zero-order chi connectivity index (χ0) is 23.2. The number of likely N-dealkylation sites (tertiary alicyclic amines) is 2. The van der Waals surface area contributed by atoms with Gasteiger partial charge in [-0.1, -0.05) is 49.0 Å². The first-order valence-corrected chi connectivity index (χ1v) is 14.3. The predicted molar refractivity (Wildman–Crippen MR) is 142 cm³/mol. The van der Waals surface area contributed by atoms with Gasteiger partial charge in [0.15, 0.2) is 0 Å². The van der Waals surface area contributed by atoms with E-state index >= 15 is 0 Å². The number of piperidine rings is 1. The molecule has 1 aromatic carbocycles. The van der Waals surface area contributed by atoms with Gasteiger partial charge in [0.25, 0.3) is 0 Å². The lowest BCUT2D eigenvalue weighted by Gasteiger charge is -2.35. The molecule has 182 valence electrons. The van der Waals surface area contributed by atoms with Crippen LogP contribution in [-0.2, 0) is 6.54 Å². The van der Waals surface area contributed by atoms with E-state index in [2.05, 4.69) is 39.6 Å². The number of thiophene rings is 1. The van der Waals surface area contributed by atoms with Gasteiger partial charge >= 0.3 is 0 Å². The highest BCUT2D eigenvalue weighted by atomic mass is 35.5. The fourth-order valence-corrected chi connectivity index (χ4v) is 6.90. The number of hydrogen-bond acceptors (Lipinski definition) is 4. The maximum Gasteiger partial charge on any atom is 0.0543 e. The summed E-state index contributed by atoms with van der Waals surface area (Å²) in [5.41, 5.74) is 2.65. The SMILES string of the molecule is CCCCC(O)CC1CCN(C[C@H]2CN(Cc3ccc(Cl)cc3Cl)C[C@@H]2c2ccsc2)CC1. The molecular formula is C27H38Cl2N2OS. The Bertz CT molecular complexity index is 854. The monoisotopic (exact) mass is 508 g/mol. The van der Waals surface area contributed by atoms with Crippen molar-refractivity contribution in [2.75, 3.05) is 32.7 Å². The molecule has 0 amide bonds. The average molecular weight is 510 g/mol. The molecule has 2 aromatic rings. The predicted octanol–water partition coefficient (Wildman–Crippen LogP) is 6.92. The highest BCUT2D eigenvalue weighted by Gasteiger charge is 2.36. The molecule has 0 spiro atoms. The van der Waals surface area contributed by atoms with Gasteiger partial charge in [-0.2, -0.15) is 11.3 Å². The summed E-state index contributed by atoms with van der Waals surface area (Å²) in [6.45, 7) is 8.77. The third-order valence-electron chi connectivity index (χ3n) is 7.59. The molecule has 2 aliphatic rings. The zero-order valence-corrected chi connectivity index (χ0v) is 22.1. The number of aliphatic hydroxyl groups is 1. The molecule has 2 fully saturated rings. The van der Waals surface area contributed by atoms with E-state index in [1.54, 1.807) is 11.3 Å². The van der Waals surface area contributed by atoms with Crippen LogP contribution in [0.1, 0.15) is 62.5 Å². The molecule has 3 nitrogen and oxygen atoms in total. The molecule has 0 saturated carbocycles. The number of unbranched alkanes of at least 4 members (excludes halogenated alkanes) is 1. The third-order valence-corrected chi connectivity index (χ3v) is 8.88. The lowest BCUT2D eigenvalue weighted by atomic mass is 9.87. The van der Waals surface area contributed by atoms with Crippen LogP contribution in [0, 0.1) is 11.8 Å². The van der Waals surface area contributed by atoms with Crippen molar-refractivity contribution in [3.8, 4) is 0 Å². The first kappa shape index (κ1) is 25.5. The van der Waals surface area contributed by atoms with Crippen LogP contribution < -0.4 is 0 Å². The number of halogens is 2. The average Bonchev–Trinajstić information content (AvgIpc) is 3.46. The van der Waals surface area contributed by atoms with Gasteiger partial charge in [0.2, 0.25) is 0 Å². The van der Waals surface area contributed by atoms with Crippen LogP contribution in [0.5, 0.6) is 0 Å². The number of nitrogens with zero attached hydrogens (tertiary/aromatic N) is 2. The van der Waals surface area contributed by atoms with Gasteiger partial charge in [-0.05, 0) is 90.7 Å². The molecule has 1 aromatic heterocycles. The summed E-state index contributed by atoms with van der Waals surface area (Å²) in [5.74, 6) is 1.90. The van der Waals surface area contributed by atoms with E-state index in [0.29, 0.717) is 22.8 Å². The molecule has 1 N–H and O–H groups in total. The minimum Gasteiger partial charge on any atom is -0.393 e. The highest BCUT2D eigenvalue weighted by Crippen LogP contribution is 2.37. The molecule has 33 heavy (non-hydrogen) atoms. The normalized spacial score (nSPS) is 23.9. The zero-order valence-electron chi connectivity index (χ0n) is 19.8. The standard InChI is InChI=1S/C27H38Cl2N2OS/c1-2-3-4-25(32)13-20-7-10-30(11-8-20)16-23-17-31(18-26(23)22-9-12-33-19-22)15-21-5-6-24(28)14-27(21)29/h5-6,9,12,14,19-20,23,25-26,32H,2-4,7-8,10-11,13,15-18H2,1H3/t23-,25?,26+/m0/s1. The van der Waals surface area contributed by atoms with E-state index in [4.69, 9.17) is 23.2 Å². The fourth-order valence-electron chi connectivity index (χ4n) is 5.71. The van der Waals surface area contributed by atoms with Crippen molar-refractivity contribution in [2.24, 2.45) is 11.8 Å². The van der Waals surface area contributed by atoms with E-state index in [9.17, 15) is 5.11 Å². The Labute approximate surface area is 213 Å². The summed E-state index contributed by atoms with van der Waals surface area (Å²) >= 11 is 14.4. The largest absolute Gasteiger partial charge is 0.393 e. The molecule has 2 saturated heterocycles. The van der Waals surface area contributed by atoms with Crippen molar-refractivity contribution in [2.45, 2.75) is 64.0 Å². The Morgan fingerprint density at radius 1 is 1.12 bits per heavy atom. The summed E-state index contributed by atoms with van der Waals surface area (Å²) in [6, 6.07) is 8.17. The van der Waals surface area contributed by atoms with Gasteiger partial charge in [0, 0.05) is 42.1 Å². The first-order valence-electron chi connectivity index (χ1n) is 12.6. The molecule has 1 unspecified atom stereocenters. The number of benzene rings is 1. The Morgan fingerprint density at radius 2 is 1.94 bits per heavy atom. The molecule has 0 aliphatic carbocycles. The Kier molecular flexibility index (Phi) is 9.55. The smallest absolute Gasteiger partial charge is 0.0543 e. The Morgan fingerprint density at radius 3 is 2.64 bits per heavy atom. The second-order valence-corrected chi connectivity index (χ2v) is 11.8. The first-order chi connectivity index (χ1) is 16.0. The van der Waals surface area contributed by atoms with Crippen LogP contribution in [0.15, 0.2) is 35.0 Å². The van der Waals surface area contributed by atoms with Crippen LogP contribution >= 0.6 is 34.5 Å². The summed E-state index contributed by atoms with van der Waals surface area (Å²) < 4.78 is 0. The molecule has 2 aliphatic heterocycles. The summed E-state index contributed by atoms with van der Waals surface area (Å²) in [5, 5.41) is 16.3. The number of hydrogen-bond donors (Lipinski definition) is 1. The van der Waals surface area contributed by atoms with Crippen LogP contribution in [-0.4, -0.2) is 53.7 Å². The van der Waals surface area contributed by atoms with Crippen molar-refractivity contribution >= 4 is 34.5 Å². The van der Waals surface area contributed by atoms with Crippen LogP contribution in [0.3, 0.4) is 0 Å². The lowest BCUT2D eigenvalue weighted by molar-refractivity contribution is 0.0942. The summed E-state index contributed by atoms with van der Waals surface area (Å²) in [7, 11) is 0. The molecule has 0 radical (unpaired) electrons. The van der Waals surface area contributed by atoms with E-state index in [-0.39, 0.29) is 6.10 Å². The van der Waals surface area contributed by atoms with Gasteiger partial charge in [-0.15, -0.1) is 0 Å². The van der Waals surface area contributed by atoms with E-state index in [1.807, 2.05) is 12.1 Å². The topological polar surface area (TPSA) is 26.7 Å². The maximum atomic E-state index is 10.3. The molecule has 0 bridgehead atoms. The molecular weight excluding hydrogens is 471 g/mol. The second kappa shape index (κ2) is 12.4. The van der Waals surface area contributed by atoms with Crippen molar-refractivity contribution < 1.29 is 5.11 Å². The fraction of sp³-hybridized carbons (Fsp3) is 0.630.